The van der Waals surface area contributed by atoms with Gasteiger partial charge in [0.05, 0.1) is 0 Å². The quantitative estimate of drug-likeness (QED) is 0.878. The molecule has 0 bridgehead atoms. The number of nitrogens with two attached hydrogens (primary N) is 1. The molecule has 0 aromatic heterocycles. The molecule has 1 fully saturated rings. The van der Waals surface area contributed by atoms with Gasteiger partial charge < -0.3 is 11.1 Å². The molecule has 24 heavy (non-hydrogen) atoms. The lowest BCUT2D eigenvalue weighted by Gasteiger charge is -2.26. The van der Waals surface area contributed by atoms with E-state index in [2.05, 4.69) is 22.3 Å². The van der Waals surface area contributed by atoms with Crippen LogP contribution < -0.4 is 11.1 Å². The van der Waals surface area contributed by atoms with E-state index in [1.165, 1.54) is 17.1 Å². The molecule has 3 rings (SSSR count). The van der Waals surface area contributed by atoms with Crippen LogP contribution in [0.1, 0.15) is 21.5 Å². The van der Waals surface area contributed by atoms with Gasteiger partial charge in [-0.3, -0.25) is 9.69 Å². The minimum absolute atomic E-state index is 0.0925. The minimum atomic E-state index is -0.0925. The molecular formula is C19H23N3OS. The van der Waals surface area contributed by atoms with E-state index in [1.54, 1.807) is 0 Å². The number of carbonyl (C=O) groups excluding carboxylic acids is 1. The highest BCUT2D eigenvalue weighted by Gasteiger charge is 2.11. The van der Waals surface area contributed by atoms with Crippen molar-refractivity contribution in [2.24, 2.45) is 5.73 Å². The van der Waals surface area contributed by atoms with E-state index < -0.39 is 0 Å². The van der Waals surface area contributed by atoms with Gasteiger partial charge >= 0.3 is 0 Å². The maximum absolute atomic E-state index is 12.4. The Morgan fingerprint density at radius 3 is 2.54 bits per heavy atom. The number of amides is 1. The summed E-state index contributed by atoms with van der Waals surface area (Å²) < 4.78 is 0. The Morgan fingerprint density at radius 2 is 1.83 bits per heavy atom. The lowest BCUT2D eigenvalue weighted by molar-refractivity contribution is 0.102. The molecule has 1 saturated heterocycles. The van der Waals surface area contributed by atoms with E-state index in [9.17, 15) is 4.79 Å². The summed E-state index contributed by atoms with van der Waals surface area (Å²) in [7, 11) is 0. The standard InChI is InChI=1S/C19H23N3OS/c20-13-15-4-6-17(7-5-15)19(23)21-18-3-1-2-16(12-18)14-22-8-10-24-11-9-22/h1-7,12H,8-11,13-14,20H2,(H,21,23). The number of nitrogens with zero attached hydrogens (tertiary/aromatic N) is 1. The maximum Gasteiger partial charge on any atom is 0.255 e. The van der Waals surface area contributed by atoms with Gasteiger partial charge in [0.15, 0.2) is 0 Å². The number of benzene rings is 2. The second kappa shape index (κ2) is 8.33. The molecule has 0 unspecified atom stereocenters. The number of carbonyl (C=O) groups is 1. The van der Waals surface area contributed by atoms with Crippen LogP contribution >= 0.6 is 11.8 Å². The first kappa shape index (κ1) is 17.0. The predicted octanol–water partition coefficient (Wildman–Crippen LogP) is 2.95. The largest absolute Gasteiger partial charge is 0.326 e. The Labute approximate surface area is 147 Å². The monoisotopic (exact) mass is 341 g/mol. The van der Waals surface area contributed by atoms with E-state index in [4.69, 9.17) is 5.73 Å². The summed E-state index contributed by atoms with van der Waals surface area (Å²) in [5, 5.41) is 2.98. The summed E-state index contributed by atoms with van der Waals surface area (Å²) in [6, 6.07) is 15.5. The van der Waals surface area contributed by atoms with Gasteiger partial charge in [-0.05, 0) is 35.4 Å². The summed E-state index contributed by atoms with van der Waals surface area (Å²) in [6.07, 6.45) is 0. The molecule has 4 nitrogen and oxygen atoms in total. The molecule has 1 aliphatic heterocycles. The van der Waals surface area contributed by atoms with Crippen LogP contribution in [0.2, 0.25) is 0 Å². The number of anilines is 1. The van der Waals surface area contributed by atoms with Gasteiger partial charge in [-0.15, -0.1) is 0 Å². The summed E-state index contributed by atoms with van der Waals surface area (Å²) in [6.45, 7) is 3.69. The highest BCUT2D eigenvalue weighted by Crippen LogP contribution is 2.17. The van der Waals surface area contributed by atoms with Crippen LogP contribution in [0.5, 0.6) is 0 Å². The van der Waals surface area contributed by atoms with Crippen molar-refractivity contribution >= 4 is 23.4 Å². The number of thioether (sulfide) groups is 1. The summed E-state index contributed by atoms with van der Waals surface area (Å²) in [4.78, 5) is 14.8. The van der Waals surface area contributed by atoms with E-state index in [0.29, 0.717) is 12.1 Å². The molecule has 0 spiro atoms. The van der Waals surface area contributed by atoms with Crippen LogP contribution in [0.3, 0.4) is 0 Å². The van der Waals surface area contributed by atoms with E-state index in [1.807, 2.05) is 48.2 Å². The normalized spacial score (nSPS) is 15.2. The molecule has 0 saturated carbocycles. The SMILES string of the molecule is NCc1ccc(C(=O)Nc2cccc(CN3CCSCC3)c2)cc1. The zero-order valence-electron chi connectivity index (χ0n) is 13.7. The predicted molar refractivity (Wildman–Crippen MR) is 101 cm³/mol. The van der Waals surface area contributed by atoms with Crippen molar-refractivity contribution in [3.8, 4) is 0 Å². The van der Waals surface area contributed by atoms with Crippen molar-refractivity contribution in [3.63, 3.8) is 0 Å². The zero-order valence-corrected chi connectivity index (χ0v) is 14.5. The topological polar surface area (TPSA) is 58.4 Å². The van der Waals surface area contributed by atoms with Crippen molar-refractivity contribution in [1.29, 1.82) is 0 Å². The van der Waals surface area contributed by atoms with Crippen molar-refractivity contribution in [2.75, 3.05) is 29.9 Å². The third-order valence-electron chi connectivity index (χ3n) is 4.15. The third kappa shape index (κ3) is 4.60. The molecule has 2 aromatic rings. The van der Waals surface area contributed by atoms with Crippen LogP contribution in [-0.2, 0) is 13.1 Å². The van der Waals surface area contributed by atoms with Gasteiger partial charge in [0.25, 0.3) is 5.91 Å². The van der Waals surface area contributed by atoms with Gasteiger partial charge in [0, 0.05) is 48.9 Å². The summed E-state index contributed by atoms with van der Waals surface area (Å²) >= 11 is 2.01. The summed E-state index contributed by atoms with van der Waals surface area (Å²) in [5.41, 5.74) is 9.33. The molecule has 3 N–H and O–H groups in total. The van der Waals surface area contributed by atoms with E-state index in [0.717, 1.165) is 30.9 Å². The van der Waals surface area contributed by atoms with Gasteiger partial charge in [-0.25, -0.2) is 0 Å². The molecule has 0 aliphatic carbocycles. The van der Waals surface area contributed by atoms with E-state index >= 15 is 0 Å². The van der Waals surface area contributed by atoms with Crippen molar-refractivity contribution in [3.05, 3.63) is 65.2 Å². The van der Waals surface area contributed by atoms with Gasteiger partial charge in [0.1, 0.15) is 0 Å². The average molecular weight is 341 g/mol. The Balaban J connectivity index is 1.63. The van der Waals surface area contributed by atoms with Gasteiger partial charge in [-0.2, -0.15) is 11.8 Å². The molecule has 0 atom stereocenters. The van der Waals surface area contributed by atoms with Crippen LogP contribution in [-0.4, -0.2) is 35.4 Å². The number of hydrogen-bond donors (Lipinski definition) is 2. The molecule has 1 aliphatic rings. The smallest absolute Gasteiger partial charge is 0.255 e. The molecule has 5 heteroatoms. The fraction of sp³-hybridized carbons (Fsp3) is 0.316. The first-order chi connectivity index (χ1) is 11.7. The molecule has 0 radical (unpaired) electrons. The zero-order chi connectivity index (χ0) is 16.8. The van der Waals surface area contributed by atoms with Crippen LogP contribution in [0.4, 0.5) is 5.69 Å². The fourth-order valence-corrected chi connectivity index (χ4v) is 3.74. The highest BCUT2D eigenvalue weighted by atomic mass is 32.2. The Bertz CT molecular complexity index is 681. The highest BCUT2D eigenvalue weighted by molar-refractivity contribution is 7.99. The first-order valence-electron chi connectivity index (χ1n) is 8.24. The number of hydrogen-bond acceptors (Lipinski definition) is 4. The van der Waals surface area contributed by atoms with Crippen LogP contribution in [0.15, 0.2) is 48.5 Å². The number of rotatable bonds is 5. The van der Waals surface area contributed by atoms with Gasteiger partial charge in [0.2, 0.25) is 0 Å². The Hall–Kier alpha value is -1.82. The lowest BCUT2D eigenvalue weighted by Crippen LogP contribution is -2.31. The minimum Gasteiger partial charge on any atom is -0.326 e. The van der Waals surface area contributed by atoms with Crippen LogP contribution in [0.25, 0.3) is 0 Å². The molecule has 2 aromatic carbocycles. The third-order valence-corrected chi connectivity index (χ3v) is 5.09. The van der Waals surface area contributed by atoms with Gasteiger partial charge in [-0.1, -0.05) is 24.3 Å². The molecule has 126 valence electrons. The van der Waals surface area contributed by atoms with E-state index in [-0.39, 0.29) is 5.91 Å². The summed E-state index contributed by atoms with van der Waals surface area (Å²) in [5.74, 6) is 2.31. The fourth-order valence-electron chi connectivity index (χ4n) is 2.76. The Morgan fingerprint density at radius 1 is 1.08 bits per heavy atom. The number of nitrogens with one attached hydrogen (secondary N) is 1. The molecule has 1 heterocycles. The molecular weight excluding hydrogens is 318 g/mol. The second-order valence-electron chi connectivity index (χ2n) is 5.94. The maximum atomic E-state index is 12.4. The molecule has 1 amide bonds. The Kier molecular flexibility index (Phi) is 5.91. The van der Waals surface area contributed by atoms with Crippen molar-refractivity contribution in [2.45, 2.75) is 13.1 Å². The lowest BCUT2D eigenvalue weighted by atomic mass is 10.1. The van der Waals surface area contributed by atoms with Crippen molar-refractivity contribution < 1.29 is 4.79 Å². The first-order valence-corrected chi connectivity index (χ1v) is 9.39. The average Bonchev–Trinajstić information content (AvgIpc) is 2.63. The van der Waals surface area contributed by atoms with Crippen LogP contribution in [0, 0.1) is 0 Å². The second-order valence-corrected chi connectivity index (χ2v) is 7.17. The van der Waals surface area contributed by atoms with Crippen molar-refractivity contribution in [1.82, 2.24) is 4.90 Å².